The van der Waals surface area contributed by atoms with Gasteiger partial charge in [-0.05, 0) is 50.8 Å². The Balaban J connectivity index is 1.97. The van der Waals surface area contributed by atoms with Crippen LogP contribution in [0.15, 0.2) is 18.2 Å². The maximum atomic E-state index is 12.5. The van der Waals surface area contributed by atoms with E-state index in [1.54, 1.807) is 0 Å². The lowest BCUT2D eigenvalue weighted by Gasteiger charge is -2.22. The molecular weight excluding hydrogens is 264 g/mol. The highest BCUT2D eigenvalue weighted by molar-refractivity contribution is 5.98. The predicted molar refractivity (Wildman–Crippen MR) is 85.3 cm³/mol. The monoisotopic (exact) mass is 290 g/mol. The van der Waals surface area contributed by atoms with Crippen LogP contribution in [0.2, 0.25) is 0 Å². The van der Waals surface area contributed by atoms with Gasteiger partial charge in [-0.1, -0.05) is 6.92 Å². The minimum atomic E-state index is 0.205. The van der Waals surface area contributed by atoms with Crippen LogP contribution in [0.25, 0.3) is 0 Å². The summed E-state index contributed by atoms with van der Waals surface area (Å²) in [7, 11) is 4.12. The largest absolute Gasteiger partial charge is 0.493 e. The Morgan fingerprint density at radius 1 is 1.24 bits per heavy atom. The second-order valence-electron chi connectivity index (χ2n) is 5.92. The molecule has 0 N–H and O–H groups in total. The summed E-state index contributed by atoms with van der Waals surface area (Å²) in [6, 6.07) is 5.82. The number of nitrogens with zero attached hydrogens (tertiary/aromatic N) is 2. The molecule has 0 aromatic heterocycles. The van der Waals surface area contributed by atoms with Gasteiger partial charge in [0.05, 0.1) is 13.2 Å². The zero-order chi connectivity index (χ0) is 15.2. The van der Waals surface area contributed by atoms with Gasteiger partial charge in [-0.3, -0.25) is 9.69 Å². The van der Waals surface area contributed by atoms with E-state index in [0.29, 0.717) is 6.54 Å². The van der Waals surface area contributed by atoms with Crippen molar-refractivity contribution in [3.63, 3.8) is 0 Å². The lowest BCUT2D eigenvalue weighted by molar-refractivity contribution is 0.0925. The van der Waals surface area contributed by atoms with Crippen molar-refractivity contribution in [1.29, 1.82) is 0 Å². The van der Waals surface area contributed by atoms with E-state index in [0.717, 1.165) is 56.0 Å². The van der Waals surface area contributed by atoms with Gasteiger partial charge in [0.2, 0.25) is 0 Å². The highest BCUT2D eigenvalue weighted by Gasteiger charge is 2.17. The normalized spacial score (nSPS) is 13.6. The first kappa shape index (κ1) is 16.0. The quantitative estimate of drug-likeness (QED) is 0.686. The molecule has 0 spiro atoms. The third-order valence-electron chi connectivity index (χ3n) is 3.78. The van der Waals surface area contributed by atoms with Crippen molar-refractivity contribution in [3.8, 4) is 5.75 Å². The molecule has 0 unspecified atom stereocenters. The number of hydrogen-bond acceptors (Lipinski definition) is 4. The zero-order valence-corrected chi connectivity index (χ0v) is 13.4. The van der Waals surface area contributed by atoms with Crippen LogP contribution in [-0.4, -0.2) is 62.5 Å². The molecule has 1 aromatic carbocycles. The molecule has 1 aliphatic rings. The first-order valence-corrected chi connectivity index (χ1v) is 7.76. The Morgan fingerprint density at radius 3 is 2.76 bits per heavy atom. The number of hydrogen-bond donors (Lipinski definition) is 0. The van der Waals surface area contributed by atoms with E-state index < -0.39 is 0 Å². The Hall–Kier alpha value is -1.39. The SMILES string of the molecule is CCCN(CCN(C)C)CC(=O)c1ccc2c(c1)CCO2. The van der Waals surface area contributed by atoms with Crippen molar-refractivity contribution in [1.82, 2.24) is 9.80 Å². The molecule has 0 aliphatic carbocycles. The smallest absolute Gasteiger partial charge is 0.176 e. The maximum absolute atomic E-state index is 12.5. The van der Waals surface area contributed by atoms with Crippen LogP contribution in [0.5, 0.6) is 5.75 Å². The highest BCUT2D eigenvalue weighted by atomic mass is 16.5. The zero-order valence-electron chi connectivity index (χ0n) is 13.4. The van der Waals surface area contributed by atoms with E-state index in [-0.39, 0.29) is 5.78 Å². The minimum absolute atomic E-state index is 0.205. The van der Waals surface area contributed by atoms with Crippen molar-refractivity contribution < 1.29 is 9.53 Å². The van der Waals surface area contributed by atoms with Gasteiger partial charge in [0, 0.05) is 25.1 Å². The molecule has 116 valence electrons. The molecule has 0 bridgehead atoms. The molecule has 4 heteroatoms. The summed E-state index contributed by atoms with van der Waals surface area (Å²) in [5.41, 5.74) is 1.97. The number of carbonyl (C=O) groups is 1. The summed E-state index contributed by atoms with van der Waals surface area (Å²) in [5, 5.41) is 0. The van der Waals surface area contributed by atoms with Gasteiger partial charge in [0.1, 0.15) is 5.75 Å². The number of ketones is 1. The molecule has 21 heavy (non-hydrogen) atoms. The lowest BCUT2D eigenvalue weighted by atomic mass is 10.1. The van der Waals surface area contributed by atoms with Crippen molar-refractivity contribution in [2.45, 2.75) is 19.8 Å². The third-order valence-corrected chi connectivity index (χ3v) is 3.78. The van der Waals surface area contributed by atoms with Gasteiger partial charge in [0.25, 0.3) is 0 Å². The van der Waals surface area contributed by atoms with E-state index in [9.17, 15) is 4.79 Å². The first-order chi connectivity index (χ1) is 10.1. The Bertz CT molecular complexity index is 486. The number of fused-ring (bicyclic) bond motifs is 1. The second-order valence-corrected chi connectivity index (χ2v) is 5.92. The molecule has 1 heterocycles. The second kappa shape index (κ2) is 7.57. The molecule has 1 aromatic rings. The predicted octanol–water partition coefficient (Wildman–Crippen LogP) is 2.08. The van der Waals surface area contributed by atoms with Crippen LogP contribution in [0.1, 0.15) is 29.3 Å². The number of likely N-dealkylation sites (N-methyl/N-ethyl adjacent to an activating group) is 1. The van der Waals surface area contributed by atoms with Crippen molar-refractivity contribution in [3.05, 3.63) is 29.3 Å². The summed E-state index contributed by atoms with van der Waals surface area (Å²) in [6.45, 7) is 6.26. The number of Topliss-reactive ketones (excluding diaryl/α,β-unsaturated/α-hetero) is 1. The fourth-order valence-corrected chi connectivity index (χ4v) is 2.58. The maximum Gasteiger partial charge on any atom is 0.176 e. The third kappa shape index (κ3) is 4.55. The number of rotatable bonds is 8. The Kier molecular flexibility index (Phi) is 5.76. The standard InChI is InChI=1S/C17H26N2O2/c1-4-8-19(10-9-18(2)3)13-16(20)14-5-6-17-15(12-14)7-11-21-17/h5-6,12H,4,7-11,13H2,1-3H3. The van der Waals surface area contributed by atoms with E-state index >= 15 is 0 Å². The topological polar surface area (TPSA) is 32.8 Å². The summed E-state index contributed by atoms with van der Waals surface area (Å²) < 4.78 is 5.49. The average molecular weight is 290 g/mol. The molecule has 0 saturated carbocycles. The summed E-state index contributed by atoms with van der Waals surface area (Å²) >= 11 is 0. The van der Waals surface area contributed by atoms with Crippen molar-refractivity contribution in [2.24, 2.45) is 0 Å². The summed E-state index contributed by atoms with van der Waals surface area (Å²) in [6.07, 6.45) is 1.98. The molecular formula is C17H26N2O2. The van der Waals surface area contributed by atoms with Gasteiger partial charge in [0.15, 0.2) is 5.78 Å². The van der Waals surface area contributed by atoms with Gasteiger partial charge in [-0.15, -0.1) is 0 Å². The van der Waals surface area contributed by atoms with E-state index in [1.807, 2.05) is 18.2 Å². The molecule has 0 saturated heterocycles. The lowest BCUT2D eigenvalue weighted by Crippen LogP contribution is -2.36. The van der Waals surface area contributed by atoms with Crippen LogP contribution < -0.4 is 4.74 Å². The van der Waals surface area contributed by atoms with Crippen molar-refractivity contribution >= 4 is 5.78 Å². The average Bonchev–Trinajstić information content (AvgIpc) is 2.92. The van der Waals surface area contributed by atoms with Crippen LogP contribution in [0.4, 0.5) is 0 Å². The van der Waals surface area contributed by atoms with Gasteiger partial charge in [-0.25, -0.2) is 0 Å². The number of carbonyl (C=O) groups excluding carboxylic acids is 1. The van der Waals surface area contributed by atoms with Crippen LogP contribution >= 0.6 is 0 Å². The molecule has 0 radical (unpaired) electrons. The fourth-order valence-electron chi connectivity index (χ4n) is 2.58. The molecule has 0 amide bonds. The van der Waals surface area contributed by atoms with Crippen LogP contribution in [0, 0.1) is 0 Å². The molecule has 2 rings (SSSR count). The molecule has 0 fully saturated rings. The van der Waals surface area contributed by atoms with E-state index in [4.69, 9.17) is 4.74 Å². The van der Waals surface area contributed by atoms with E-state index in [1.165, 1.54) is 0 Å². The van der Waals surface area contributed by atoms with E-state index in [2.05, 4.69) is 30.8 Å². The summed E-state index contributed by atoms with van der Waals surface area (Å²) in [5.74, 6) is 1.14. The first-order valence-electron chi connectivity index (χ1n) is 7.76. The molecule has 0 atom stereocenters. The Morgan fingerprint density at radius 2 is 2.05 bits per heavy atom. The van der Waals surface area contributed by atoms with Crippen molar-refractivity contribution in [2.75, 3.05) is 46.9 Å². The van der Waals surface area contributed by atoms with Gasteiger partial charge < -0.3 is 9.64 Å². The molecule has 1 aliphatic heterocycles. The highest BCUT2D eigenvalue weighted by Crippen LogP contribution is 2.26. The Labute approximate surface area is 127 Å². The summed E-state index contributed by atoms with van der Waals surface area (Å²) in [4.78, 5) is 16.9. The van der Waals surface area contributed by atoms with Gasteiger partial charge >= 0.3 is 0 Å². The van der Waals surface area contributed by atoms with Crippen LogP contribution in [-0.2, 0) is 6.42 Å². The van der Waals surface area contributed by atoms with Gasteiger partial charge in [-0.2, -0.15) is 0 Å². The number of benzene rings is 1. The fraction of sp³-hybridized carbons (Fsp3) is 0.588. The molecule has 4 nitrogen and oxygen atoms in total. The number of ether oxygens (including phenoxy) is 1. The van der Waals surface area contributed by atoms with Crippen LogP contribution in [0.3, 0.4) is 0 Å². The minimum Gasteiger partial charge on any atom is -0.493 e.